The zero-order chi connectivity index (χ0) is 35.4. The number of benzene rings is 1. The molecule has 0 unspecified atom stereocenters. The van der Waals surface area contributed by atoms with E-state index in [9.17, 15) is 14.4 Å². The largest absolute Gasteiger partial charge is 0.466 e. The maximum Gasteiger partial charge on any atom is 0.338 e. The van der Waals surface area contributed by atoms with Crippen LogP contribution in [-0.4, -0.2) is 118 Å². The van der Waals surface area contributed by atoms with E-state index in [0.717, 1.165) is 19.5 Å². The molecule has 11 heteroatoms. The van der Waals surface area contributed by atoms with E-state index in [1.165, 1.54) is 0 Å². The van der Waals surface area contributed by atoms with Crippen LogP contribution in [-0.2, 0) is 33.3 Å². The Morgan fingerprint density at radius 3 is 2.42 bits per heavy atom. The van der Waals surface area contributed by atoms with Gasteiger partial charge < -0.3 is 33.9 Å². The van der Waals surface area contributed by atoms with Crippen molar-refractivity contribution in [3.05, 3.63) is 48.2 Å². The summed E-state index contributed by atoms with van der Waals surface area (Å²) in [6.07, 6.45) is -0.928. The Labute approximate surface area is 286 Å². The van der Waals surface area contributed by atoms with E-state index in [2.05, 4.69) is 30.8 Å². The molecule has 3 aliphatic heterocycles. The van der Waals surface area contributed by atoms with E-state index in [0.29, 0.717) is 36.6 Å². The summed E-state index contributed by atoms with van der Waals surface area (Å²) >= 11 is 0. The molecule has 1 aromatic rings. The van der Waals surface area contributed by atoms with Crippen LogP contribution in [0.5, 0.6) is 0 Å². The second-order valence-corrected chi connectivity index (χ2v) is 15.0. The number of ether oxygens (including phenoxy) is 5. The molecule has 268 valence electrons. The minimum atomic E-state index is -1.46. The molecule has 0 bridgehead atoms. The number of nitrogens with one attached hydrogen (secondary N) is 1. The number of methoxy groups -OCH3 is 1. The molecule has 3 fully saturated rings. The van der Waals surface area contributed by atoms with Crippen LogP contribution in [0.15, 0.2) is 42.7 Å². The third-order valence-electron chi connectivity index (χ3n) is 10.6. The molecule has 3 saturated heterocycles. The highest BCUT2D eigenvalue weighted by atomic mass is 16.7. The summed E-state index contributed by atoms with van der Waals surface area (Å²) in [6, 6.07) is 8.44. The van der Waals surface area contributed by atoms with Crippen LogP contribution in [0.25, 0.3) is 0 Å². The summed E-state index contributed by atoms with van der Waals surface area (Å²) in [5.74, 6) is -1.36. The summed E-state index contributed by atoms with van der Waals surface area (Å²) in [4.78, 5) is 45.7. The standard InChI is InChI=1S/C37H57N3O8/c1-23-19-37(6,44-10)32(25(3)31(41)36(4,5)35(43)45-22-29(40(9)21-23)27-16-17-38-20-27)48-34-30(28(39(7)8)18-24(2)46-34)47-33(42)26-14-12-11-13-15-26/h11-15,23,25,27-30,32,34,38H,2,16-22H2,1,3-10H3/t23-,25+,27+,28+,29+,30-,32-,34+,37-/m1/s1. The zero-order valence-electron chi connectivity index (χ0n) is 30.3. The summed E-state index contributed by atoms with van der Waals surface area (Å²) in [5.41, 5.74) is -2.07. The van der Waals surface area contributed by atoms with Gasteiger partial charge in [0.1, 0.15) is 12.0 Å². The first-order valence-electron chi connectivity index (χ1n) is 17.2. The van der Waals surface area contributed by atoms with Crippen LogP contribution < -0.4 is 5.32 Å². The van der Waals surface area contributed by atoms with Crippen LogP contribution in [0.3, 0.4) is 0 Å². The topological polar surface area (TPSA) is 116 Å². The number of hydrogen-bond donors (Lipinski definition) is 1. The maximum atomic E-state index is 14.4. The summed E-state index contributed by atoms with van der Waals surface area (Å²) in [7, 11) is 7.48. The maximum absolute atomic E-state index is 14.4. The van der Waals surface area contributed by atoms with Gasteiger partial charge in [-0.2, -0.15) is 0 Å². The highest BCUT2D eigenvalue weighted by Gasteiger charge is 2.52. The van der Waals surface area contributed by atoms with Gasteiger partial charge in [0.2, 0.25) is 6.29 Å². The lowest BCUT2D eigenvalue weighted by molar-refractivity contribution is -0.267. The van der Waals surface area contributed by atoms with Crippen LogP contribution >= 0.6 is 0 Å². The smallest absolute Gasteiger partial charge is 0.338 e. The Kier molecular flexibility index (Phi) is 12.5. The molecule has 48 heavy (non-hydrogen) atoms. The van der Waals surface area contributed by atoms with Crippen molar-refractivity contribution < 1.29 is 38.1 Å². The fourth-order valence-corrected chi connectivity index (χ4v) is 7.70. The van der Waals surface area contributed by atoms with Gasteiger partial charge in [0.25, 0.3) is 0 Å². The molecule has 0 saturated carbocycles. The van der Waals surface area contributed by atoms with E-state index in [-0.39, 0.29) is 30.4 Å². The lowest BCUT2D eigenvalue weighted by Gasteiger charge is -2.47. The molecule has 3 heterocycles. The van der Waals surface area contributed by atoms with Crippen LogP contribution in [0.2, 0.25) is 0 Å². The molecular weight excluding hydrogens is 614 g/mol. The molecule has 3 aliphatic rings. The minimum Gasteiger partial charge on any atom is -0.466 e. The molecule has 4 rings (SSSR count). The van der Waals surface area contributed by atoms with E-state index < -0.39 is 47.4 Å². The first kappa shape index (κ1) is 38.0. The van der Waals surface area contributed by atoms with E-state index in [4.69, 9.17) is 23.7 Å². The predicted octanol–water partition coefficient (Wildman–Crippen LogP) is 3.92. The van der Waals surface area contributed by atoms with Gasteiger partial charge in [0.05, 0.1) is 29.1 Å². The number of esters is 2. The van der Waals surface area contributed by atoms with Crippen LogP contribution in [0.1, 0.15) is 64.2 Å². The minimum absolute atomic E-state index is 0.000929. The Bertz CT molecular complexity index is 1280. The van der Waals surface area contributed by atoms with Crippen molar-refractivity contribution in [1.29, 1.82) is 0 Å². The molecule has 9 atom stereocenters. The van der Waals surface area contributed by atoms with Gasteiger partial charge in [-0.05, 0) is 91.8 Å². The molecule has 11 nitrogen and oxygen atoms in total. The number of hydrogen-bond acceptors (Lipinski definition) is 11. The number of carbonyl (C=O) groups is 3. The summed E-state index contributed by atoms with van der Waals surface area (Å²) in [6.45, 7) is 15.9. The fourth-order valence-electron chi connectivity index (χ4n) is 7.70. The molecule has 0 aromatic heterocycles. The van der Waals surface area contributed by atoms with Crippen molar-refractivity contribution in [3.8, 4) is 0 Å². The molecular formula is C37H57N3O8. The van der Waals surface area contributed by atoms with E-state index >= 15 is 0 Å². The number of nitrogens with zero attached hydrogens (tertiary/aromatic N) is 2. The van der Waals surface area contributed by atoms with Gasteiger partial charge in [-0.3, -0.25) is 14.5 Å². The third-order valence-corrected chi connectivity index (χ3v) is 10.6. The molecule has 0 aliphatic carbocycles. The first-order chi connectivity index (χ1) is 22.6. The van der Waals surface area contributed by atoms with Gasteiger partial charge in [0, 0.05) is 32.0 Å². The Morgan fingerprint density at radius 2 is 1.81 bits per heavy atom. The average Bonchev–Trinajstić information content (AvgIpc) is 3.58. The zero-order valence-corrected chi connectivity index (χ0v) is 30.3. The Morgan fingerprint density at radius 1 is 1.12 bits per heavy atom. The van der Waals surface area contributed by atoms with Gasteiger partial charge >= 0.3 is 11.9 Å². The molecule has 1 aromatic carbocycles. The predicted molar refractivity (Wildman–Crippen MR) is 182 cm³/mol. The molecule has 0 spiro atoms. The van der Waals surface area contributed by atoms with E-state index in [1.807, 2.05) is 32.0 Å². The van der Waals surface area contributed by atoms with Crippen molar-refractivity contribution in [2.45, 2.75) is 90.1 Å². The van der Waals surface area contributed by atoms with Gasteiger partial charge in [-0.25, -0.2) is 4.79 Å². The number of carbonyl (C=O) groups excluding carboxylic acids is 3. The van der Waals surface area contributed by atoms with Gasteiger partial charge in [0.15, 0.2) is 11.9 Å². The van der Waals surface area contributed by atoms with Crippen molar-refractivity contribution in [1.82, 2.24) is 15.1 Å². The summed E-state index contributed by atoms with van der Waals surface area (Å²) in [5, 5.41) is 3.43. The Balaban J connectivity index is 1.73. The van der Waals surface area contributed by atoms with Crippen molar-refractivity contribution in [3.63, 3.8) is 0 Å². The lowest BCUT2D eigenvalue weighted by atomic mass is 9.74. The van der Waals surface area contributed by atoms with Crippen molar-refractivity contribution in [2.75, 3.05) is 54.5 Å². The second-order valence-electron chi connectivity index (χ2n) is 15.0. The normalized spacial score (nSPS) is 35.6. The van der Waals surface area contributed by atoms with Crippen LogP contribution in [0, 0.1) is 23.2 Å². The fraction of sp³-hybridized carbons (Fsp3) is 0.703. The SMILES string of the molecule is C=C1C[C@H](N(C)C)[C@@H](OC(=O)c2ccccc2)[C@H](O[C@@H]2[C@@H](C)C(=O)C(C)(C)C(=O)OC[C@@H]([C@H]3CCNC3)N(C)C[C@H](C)C[C@@]2(C)OC)O1. The third kappa shape index (κ3) is 8.48. The Hall–Kier alpha value is -2.83. The number of ketones is 1. The average molecular weight is 672 g/mol. The quantitative estimate of drug-likeness (QED) is 0.336. The highest BCUT2D eigenvalue weighted by Crippen LogP contribution is 2.39. The number of cyclic esters (lactones) is 1. The molecule has 1 N–H and O–H groups in total. The van der Waals surface area contributed by atoms with Crippen molar-refractivity contribution in [2.24, 2.45) is 23.2 Å². The molecule has 0 amide bonds. The first-order valence-corrected chi connectivity index (χ1v) is 17.2. The number of likely N-dealkylation sites (N-methyl/N-ethyl adjacent to an activating group) is 2. The lowest BCUT2D eigenvalue weighted by Crippen LogP contribution is -2.59. The number of Topliss-reactive ketones (excluding diaryl/α,β-unsaturated/α-hetero) is 1. The monoisotopic (exact) mass is 671 g/mol. The number of rotatable bonds is 7. The van der Waals surface area contributed by atoms with Gasteiger partial charge in [-0.15, -0.1) is 0 Å². The van der Waals surface area contributed by atoms with E-state index in [1.54, 1.807) is 52.1 Å². The van der Waals surface area contributed by atoms with Gasteiger partial charge in [-0.1, -0.05) is 38.6 Å². The van der Waals surface area contributed by atoms with Crippen molar-refractivity contribution >= 4 is 17.7 Å². The molecule has 0 radical (unpaired) electrons. The summed E-state index contributed by atoms with van der Waals surface area (Å²) < 4.78 is 31.4. The van der Waals surface area contributed by atoms with Crippen LogP contribution in [0.4, 0.5) is 0 Å². The highest BCUT2D eigenvalue weighted by molar-refractivity contribution is 6.04. The second kappa shape index (κ2) is 15.8.